The third-order valence-electron chi connectivity index (χ3n) is 3.40. The van der Waals surface area contributed by atoms with Gasteiger partial charge < -0.3 is 14.6 Å². The lowest BCUT2D eigenvalue weighted by atomic mass is 10.2. The molecule has 0 spiro atoms. The number of benzene rings is 1. The number of nitrogens with zero attached hydrogens (tertiary/aromatic N) is 2. The van der Waals surface area contributed by atoms with Gasteiger partial charge in [-0.3, -0.25) is 4.68 Å². The first-order valence-corrected chi connectivity index (χ1v) is 7.70. The van der Waals surface area contributed by atoms with Gasteiger partial charge in [0.1, 0.15) is 5.75 Å². The predicted octanol–water partition coefficient (Wildman–Crippen LogP) is 2.65. The number of aryl methyl sites for hydroxylation is 1. The minimum Gasteiger partial charge on any atom is -0.496 e. The van der Waals surface area contributed by atoms with E-state index in [-0.39, 0.29) is 6.61 Å². The Labute approximate surface area is 131 Å². The van der Waals surface area contributed by atoms with E-state index in [1.807, 2.05) is 35.0 Å². The molecule has 2 rings (SSSR count). The minimum absolute atomic E-state index is 0.172. The van der Waals surface area contributed by atoms with Crippen molar-refractivity contribution in [3.05, 3.63) is 41.6 Å². The molecule has 0 radical (unpaired) electrons. The average molecular weight is 304 g/mol. The smallest absolute Gasteiger partial charge is 0.233 e. The van der Waals surface area contributed by atoms with Crippen LogP contribution in [0.3, 0.4) is 0 Å². The van der Waals surface area contributed by atoms with Gasteiger partial charge in [-0.05, 0) is 25.3 Å². The van der Waals surface area contributed by atoms with E-state index in [1.54, 1.807) is 7.11 Å². The molecule has 0 unspecified atom stereocenters. The summed E-state index contributed by atoms with van der Waals surface area (Å²) in [6, 6.07) is 9.88. The van der Waals surface area contributed by atoms with Gasteiger partial charge in [-0.1, -0.05) is 25.1 Å². The quantitative estimate of drug-likeness (QED) is 0.774. The van der Waals surface area contributed by atoms with Crippen LogP contribution in [-0.2, 0) is 13.0 Å². The maximum atomic E-state index is 9.06. The highest BCUT2D eigenvalue weighted by Gasteiger charge is 2.11. The molecule has 0 saturated heterocycles. The Morgan fingerprint density at radius 3 is 2.82 bits per heavy atom. The van der Waals surface area contributed by atoms with Crippen molar-refractivity contribution >= 4 is 0 Å². The van der Waals surface area contributed by atoms with Crippen LogP contribution in [0.1, 0.15) is 31.0 Å². The van der Waals surface area contributed by atoms with Gasteiger partial charge in [-0.25, -0.2) is 0 Å². The van der Waals surface area contributed by atoms with Gasteiger partial charge in [0, 0.05) is 23.9 Å². The Bertz CT molecular complexity index is 581. The molecule has 5 heteroatoms. The Morgan fingerprint density at radius 1 is 1.27 bits per heavy atom. The van der Waals surface area contributed by atoms with Crippen LogP contribution < -0.4 is 9.47 Å². The molecule has 0 aliphatic rings. The monoisotopic (exact) mass is 304 g/mol. The normalized spacial score (nSPS) is 10.7. The molecule has 1 aromatic heterocycles. The summed E-state index contributed by atoms with van der Waals surface area (Å²) >= 11 is 0. The summed E-state index contributed by atoms with van der Waals surface area (Å²) in [5.74, 6) is 1.49. The molecule has 1 aromatic carbocycles. The Morgan fingerprint density at radius 2 is 2.09 bits per heavy atom. The van der Waals surface area contributed by atoms with Gasteiger partial charge in [0.25, 0.3) is 0 Å². The maximum Gasteiger partial charge on any atom is 0.233 e. The van der Waals surface area contributed by atoms with E-state index >= 15 is 0 Å². The molecule has 5 nitrogen and oxygen atoms in total. The number of hydrogen-bond donors (Lipinski definition) is 1. The van der Waals surface area contributed by atoms with E-state index in [0.717, 1.165) is 29.8 Å². The second-order valence-corrected chi connectivity index (χ2v) is 5.12. The largest absolute Gasteiger partial charge is 0.496 e. The first-order valence-electron chi connectivity index (χ1n) is 7.70. The summed E-state index contributed by atoms with van der Waals surface area (Å²) in [6.45, 7) is 3.52. The molecule has 1 heterocycles. The van der Waals surface area contributed by atoms with E-state index in [2.05, 4.69) is 12.0 Å². The van der Waals surface area contributed by atoms with E-state index < -0.39 is 0 Å². The van der Waals surface area contributed by atoms with Gasteiger partial charge in [0.2, 0.25) is 5.88 Å². The molecule has 22 heavy (non-hydrogen) atoms. The van der Waals surface area contributed by atoms with Crippen molar-refractivity contribution < 1.29 is 14.6 Å². The molecule has 0 saturated carbocycles. The summed E-state index contributed by atoms with van der Waals surface area (Å²) in [6.07, 6.45) is 2.43. The predicted molar refractivity (Wildman–Crippen MR) is 85.5 cm³/mol. The summed E-state index contributed by atoms with van der Waals surface area (Å²) in [7, 11) is 1.67. The van der Waals surface area contributed by atoms with Crippen molar-refractivity contribution in [2.45, 2.75) is 32.7 Å². The fourth-order valence-electron chi connectivity index (χ4n) is 2.30. The number of aliphatic hydroxyl groups is 1. The van der Waals surface area contributed by atoms with Crippen LogP contribution in [0.25, 0.3) is 0 Å². The number of aliphatic hydroxyl groups excluding tert-OH is 1. The summed E-state index contributed by atoms with van der Waals surface area (Å²) in [5, 5.41) is 13.6. The summed E-state index contributed by atoms with van der Waals surface area (Å²) in [4.78, 5) is 0. The first kappa shape index (κ1) is 16.4. The SMILES string of the molecule is CCCOc1cc(CCCO)n(Cc2ccccc2OC)n1. The molecule has 0 atom stereocenters. The number of para-hydroxylation sites is 1. The molecule has 0 fully saturated rings. The van der Waals surface area contributed by atoms with Crippen LogP contribution >= 0.6 is 0 Å². The highest BCUT2D eigenvalue weighted by Crippen LogP contribution is 2.21. The van der Waals surface area contributed by atoms with Crippen LogP contribution in [-0.4, -0.2) is 35.2 Å². The number of rotatable bonds is 9. The topological polar surface area (TPSA) is 56.5 Å². The molecule has 1 N–H and O–H groups in total. The molecule has 0 aliphatic carbocycles. The fourth-order valence-corrected chi connectivity index (χ4v) is 2.30. The Kier molecular flexibility index (Phi) is 6.27. The second-order valence-electron chi connectivity index (χ2n) is 5.12. The van der Waals surface area contributed by atoms with E-state index in [0.29, 0.717) is 25.5 Å². The van der Waals surface area contributed by atoms with Crippen molar-refractivity contribution in [1.29, 1.82) is 0 Å². The molecule has 0 aliphatic heterocycles. The molecule has 0 amide bonds. The highest BCUT2D eigenvalue weighted by molar-refractivity contribution is 5.33. The van der Waals surface area contributed by atoms with Crippen molar-refractivity contribution in [3.63, 3.8) is 0 Å². The van der Waals surface area contributed by atoms with Crippen LogP contribution in [0.4, 0.5) is 0 Å². The van der Waals surface area contributed by atoms with Gasteiger partial charge in [-0.2, -0.15) is 0 Å². The second kappa shape index (κ2) is 8.44. The summed E-state index contributed by atoms with van der Waals surface area (Å²) < 4.78 is 13.0. The number of aromatic nitrogens is 2. The highest BCUT2D eigenvalue weighted by atomic mass is 16.5. The zero-order valence-electron chi connectivity index (χ0n) is 13.3. The van der Waals surface area contributed by atoms with Crippen molar-refractivity contribution in [1.82, 2.24) is 9.78 Å². The maximum absolute atomic E-state index is 9.06. The fraction of sp³-hybridized carbons (Fsp3) is 0.471. The number of methoxy groups -OCH3 is 1. The van der Waals surface area contributed by atoms with Crippen LogP contribution in [0, 0.1) is 0 Å². The van der Waals surface area contributed by atoms with Crippen molar-refractivity contribution in [3.8, 4) is 11.6 Å². The molecule has 2 aromatic rings. The Hall–Kier alpha value is -2.01. The third kappa shape index (κ3) is 4.24. The van der Waals surface area contributed by atoms with Gasteiger partial charge in [0.05, 0.1) is 20.3 Å². The molecule has 0 bridgehead atoms. The van der Waals surface area contributed by atoms with Gasteiger partial charge >= 0.3 is 0 Å². The van der Waals surface area contributed by atoms with Crippen molar-refractivity contribution in [2.75, 3.05) is 20.3 Å². The lowest BCUT2D eigenvalue weighted by Crippen LogP contribution is -2.08. The van der Waals surface area contributed by atoms with E-state index in [1.165, 1.54) is 0 Å². The van der Waals surface area contributed by atoms with Crippen molar-refractivity contribution in [2.24, 2.45) is 0 Å². The van der Waals surface area contributed by atoms with Crippen LogP contribution in [0.5, 0.6) is 11.6 Å². The van der Waals surface area contributed by atoms with Crippen LogP contribution in [0.2, 0.25) is 0 Å². The molecular weight excluding hydrogens is 280 g/mol. The zero-order valence-corrected chi connectivity index (χ0v) is 13.3. The number of ether oxygens (including phenoxy) is 2. The third-order valence-corrected chi connectivity index (χ3v) is 3.40. The average Bonchev–Trinajstić information content (AvgIpc) is 2.93. The lowest BCUT2D eigenvalue weighted by Gasteiger charge is -2.10. The minimum atomic E-state index is 0.172. The first-order chi connectivity index (χ1) is 10.8. The molecular formula is C17H24N2O3. The lowest BCUT2D eigenvalue weighted by molar-refractivity contribution is 0.287. The molecule has 120 valence electrons. The van der Waals surface area contributed by atoms with Gasteiger partial charge in [0.15, 0.2) is 0 Å². The van der Waals surface area contributed by atoms with E-state index in [4.69, 9.17) is 14.6 Å². The van der Waals surface area contributed by atoms with Gasteiger partial charge in [-0.15, -0.1) is 5.10 Å². The summed E-state index contributed by atoms with van der Waals surface area (Å²) in [5.41, 5.74) is 2.13. The van der Waals surface area contributed by atoms with Crippen LogP contribution in [0.15, 0.2) is 30.3 Å². The zero-order chi connectivity index (χ0) is 15.8. The number of hydrogen-bond acceptors (Lipinski definition) is 4. The van der Waals surface area contributed by atoms with E-state index in [9.17, 15) is 0 Å². The standard InChI is InChI=1S/C17H24N2O3/c1-3-11-22-17-12-15(8-6-10-20)19(18-17)13-14-7-4-5-9-16(14)21-2/h4-5,7,9,12,20H,3,6,8,10-11,13H2,1-2H3. The Balaban J connectivity index is 2.21.